The molecule has 1 aromatic heterocycles. The van der Waals surface area contributed by atoms with Gasteiger partial charge in [0.15, 0.2) is 13.2 Å². The van der Waals surface area contributed by atoms with Gasteiger partial charge in [-0.05, 0) is 35.9 Å². The number of hydrogen-bond acceptors (Lipinski definition) is 6. The molecule has 29 heavy (non-hydrogen) atoms. The van der Waals surface area contributed by atoms with Crippen molar-refractivity contribution in [2.75, 3.05) is 13.2 Å². The smallest absolute Gasteiger partial charge is 0.341 e. The highest BCUT2D eigenvalue weighted by molar-refractivity contribution is 6.32. The molecule has 0 saturated carbocycles. The summed E-state index contributed by atoms with van der Waals surface area (Å²) in [6, 6.07) is 13.9. The van der Waals surface area contributed by atoms with E-state index in [0.717, 1.165) is 5.39 Å². The summed E-state index contributed by atoms with van der Waals surface area (Å²) >= 11 is 6.03. The number of amides is 1. The fraction of sp³-hybridized carbons (Fsp3) is 0.100. The van der Waals surface area contributed by atoms with E-state index in [1.807, 2.05) is 24.3 Å². The zero-order valence-corrected chi connectivity index (χ0v) is 15.8. The van der Waals surface area contributed by atoms with E-state index in [0.29, 0.717) is 16.8 Å². The fourth-order valence-electron chi connectivity index (χ4n) is 2.40. The molecule has 0 unspecified atom stereocenters. The van der Waals surface area contributed by atoms with E-state index in [4.69, 9.17) is 26.2 Å². The number of carboxylic acids is 1. The Bertz CT molecular complexity index is 1070. The van der Waals surface area contributed by atoms with Crippen molar-refractivity contribution >= 4 is 40.6 Å². The Labute approximate surface area is 170 Å². The number of aromatic nitrogens is 1. The summed E-state index contributed by atoms with van der Waals surface area (Å²) in [7, 11) is 0. The van der Waals surface area contributed by atoms with Crippen molar-refractivity contribution in [3.05, 3.63) is 65.3 Å². The van der Waals surface area contributed by atoms with Crippen LogP contribution in [0, 0.1) is 0 Å². The summed E-state index contributed by atoms with van der Waals surface area (Å²) in [4.78, 5) is 26.7. The Morgan fingerprint density at radius 3 is 2.69 bits per heavy atom. The van der Waals surface area contributed by atoms with Crippen LogP contribution < -0.4 is 14.9 Å². The van der Waals surface area contributed by atoms with Gasteiger partial charge in [0, 0.05) is 11.6 Å². The summed E-state index contributed by atoms with van der Waals surface area (Å²) in [6.45, 7) is -0.717. The SMILES string of the molecule is O=C(O)COc1ccc(/C=N\NC(=O)COc2cccc3cccnc23)cc1Cl. The van der Waals surface area contributed by atoms with E-state index < -0.39 is 18.5 Å². The molecule has 2 aromatic carbocycles. The number of halogens is 1. The van der Waals surface area contributed by atoms with Crippen LogP contribution in [0.25, 0.3) is 10.9 Å². The number of carbonyl (C=O) groups is 2. The molecular weight excluding hydrogens is 398 g/mol. The van der Waals surface area contributed by atoms with Crippen LogP contribution in [0.5, 0.6) is 11.5 Å². The van der Waals surface area contributed by atoms with Crippen molar-refractivity contribution in [2.45, 2.75) is 0 Å². The minimum Gasteiger partial charge on any atom is -0.481 e. The first kappa shape index (κ1) is 20.1. The molecule has 0 spiro atoms. The molecule has 3 aromatic rings. The second kappa shape index (κ2) is 9.52. The normalized spacial score (nSPS) is 10.8. The Kier molecular flexibility index (Phi) is 6.59. The van der Waals surface area contributed by atoms with Crippen molar-refractivity contribution in [1.82, 2.24) is 10.4 Å². The van der Waals surface area contributed by atoms with E-state index in [9.17, 15) is 9.59 Å². The van der Waals surface area contributed by atoms with Crippen molar-refractivity contribution in [1.29, 1.82) is 0 Å². The number of fused-ring (bicyclic) bond motifs is 1. The number of hydrogen-bond donors (Lipinski definition) is 2. The molecule has 0 fully saturated rings. The number of ether oxygens (including phenoxy) is 2. The van der Waals surface area contributed by atoms with Gasteiger partial charge < -0.3 is 14.6 Å². The van der Waals surface area contributed by atoms with Crippen LogP contribution in [0.15, 0.2) is 59.8 Å². The van der Waals surface area contributed by atoms with Crippen LogP contribution in [0.3, 0.4) is 0 Å². The van der Waals surface area contributed by atoms with E-state index in [1.165, 1.54) is 18.3 Å². The largest absolute Gasteiger partial charge is 0.481 e. The van der Waals surface area contributed by atoms with E-state index in [1.54, 1.807) is 18.3 Å². The number of carbonyl (C=O) groups excluding carboxylic acids is 1. The molecule has 9 heteroatoms. The highest BCUT2D eigenvalue weighted by Gasteiger charge is 2.07. The molecule has 1 amide bonds. The third-order valence-electron chi connectivity index (χ3n) is 3.66. The van der Waals surface area contributed by atoms with Crippen LogP contribution >= 0.6 is 11.6 Å². The Morgan fingerprint density at radius 2 is 1.90 bits per heavy atom. The fourth-order valence-corrected chi connectivity index (χ4v) is 2.64. The van der Waals surface area contributed by atoms with Crippen LogP contribution in [0.2, 0.25) is 5.02 Å². The van der Waals surface area contributed by atoms with Crippen LogP contribution in [0.1, 0.15) is 5.56 Å². The zero-order valence-electron chi connectivity index (χ0n) is 15.0. The first-order chi connectivity index (χ1) is 14.0. The molecule has 8 nitrogen and oxygen atoms in total. The number of aliphatic carboxylic acids is 1. The molecule has 1 heterocycles. The molecule has 0 aliphatic carbocycles. The lowest BCUT2D eigenvalue weighted by Crippen LogP contribution is -2.24. The van der Waals surface area contributed by atoms with Gasteiger partial charge in [0.1, 0.15) is 17.0 Å². The summed E-state index contributed by atoms with van der Waals surface area (Å²) in [5.74, 6) is -0.795. The van der Waals surface area contributed by atoms with Gasteiger partial charge in [0.2, 0.25) is 0 Å². The molecule has 0 bridgehead atoms. The average molecular weight is 414 g/mol. The number of para-hydroxylation sites is 1. The molecule has 0 saturated heterocycles. The number of pyridine rings is 1. The Hall–Kier alpha value is -3.65. The number of carboxylic acid groups (broad SMARTS) is 1. The lowest BCUT2D eigenvalue weighted by Gasteiger charge is -2.07. The van der Waals surface area contributed by atoms with E-state index in [2.05, 4.69) is 15.5 Å². The molecule has 0 atom stereocenters. The third-order valence-corrected chi connectivity index (χ3v) is 3.96. The third kappa shape index (κ3) is 5.66. The van der Waals surface area contributed by atoms with Crippen LogP contribution in [-0.4, -0.2) is 41.4 Å². The monoisotopic (exact) mass is 413 g/mol. The standard InChI is InChI=1S/C20H16ClN3O5/c21-15-9-13(6-7-16(15)29-12-19(26)27)10-23-24-18(25)11-28-17-5-1-3-14-4-2-8-22-20(14)17/h1-10H,11-12H2,(H,24,25)(H,26,27)/b23-10-. The quantitative estimate of drug-likeness (QED) is 0.434. The first-order valence-corrected chi connectivity index (χ1v) is 8.83. The molecular formula is C20H16ClN3O5. The zero-order chi connectivity index (χ0) is 20.6. The van der Waals surface area contributed by atoms with Crippen molar-refractivity contribution < 1.29 is 24.2 Å². The lowest BCUT2D eigenvalue weighted by atomic mass is 10.2. The summed E-state index contributed by atoms with van der Waals surface area (Å²) in [5, 5.41) is 13.6. The molecule has 0 aliphatic rings. The number of nitrogens with zero attached hydrogens (tertiary/aromatic N) is 2. The maximum absolute atomic E-state index is 11.9. The van der Waals surface area contributed by atoms with Gasteiger partial charge in [-0.2, -0.15) is 5.10 Å². The number of nitrogens with one attached hydrogen (secondary N) is 1. The van der Waals surface area contributed by atoms with Crippen molar-refractivity contribution in [3.8, 4) is 11.5 Å². The Morgan fingerprint density at radius 1 is 1.10 bits per heavy atom. The van der Waals surface area contributed by atoms with Crippen LogP contribution in [-0.2, 0) is 9.59 Å². The average Bonchev–Trinajstić information content (AvgIpc) is 2.71. The van der Waals surface area contributed by atoms with Crippen molar-refractivity contribution in [2.24, 2.45) is 5.10 Å². The van der Waals surface area contributed by atoms with E-state index in [-0.39, 0.29) is 17.4 Å². The van der Waals surface area contributed by atoms with Gasteiger partial charge in [-0.25, -0.2) is 10.2 Å². The van der Waals surface area contributed by atoms with Crippen molar-refractivity contribution in [3.63, 3.8) is 0 Å². The van der Waals surface area contributed by atoms with Gasteiger partial charge in [-0.1, -0.05) is 29.8 Å². The maximum Gasteiger partial charge on any atom is 0.341 e. The van der Waals surface area contributed by atoms with E-state index >= 15 is 0 Å². The minimum atomic E-state index is -1.10. The van der Waals surface area contributed by atoms with Gasteiger partial charge in [0.25, 0.3) is 5.91 Å². The second-order valence-corrected chi connectivity index (χ2v) is 6.19. The second-order valence-electron chi connectivity index (χ2n) is 5.79. The summed E-state index contributed by atoms with van der Waals surface area (Å²) in [5.41, 5.74) is 3.62. The van der Waals surface area contributed by atoms with Crippen LogP contribution in [0.4, 0.5) is 0 Å². The van der Waals surface area contributed by atoms with Gasteiger partial charge in [-0.3, -0.25) is 9.78 Å². The summed E-state index contributed by atoms with van der Waals surface area (Å²) < 4.78 is 10.6. The van der Waals surface area contributed by atoms with Gasteiger partial charge >= 0.3 is 5.97 Å². The molecule has 148 valence electrons. The lowest BCUT2D eigenvalue weighted by molar-refractivity contribution is -0.139. The highest BCUT2D eigenvalue weighted by atomic mass is 35.5. The number of rotatable bonds is 8. The topological polar surface area (TPSA) is 110 Å². The predicted octanol–water partition coefficient (Wildman–Crippen LogP) is 2.88. The minimum absolute atomic E-state index is 0.226. The highest BCUT2D eigenvalue weighted by Crippen LogP contribution is 2.25. The van der Waals surface area contributed by atoms with Gasteiger partial charge in [0.05, 0.1) is 11.2 Å². The molecule has 2 N–H and O–H groups in total. The molecule has 0 radical (unpaired) electrons. The maximum atomic E-state index is 11.9. The number of benzene rings is 2. The molecule has 3 rings (SSSR count). The number of hydrazone groups is 1. The predicted molar refractivity (Wildman–Crippen MR) is 108 cm³/mol. The summed E-state index contributed by atoms with van der Waals surface area (Å²) in [6.07, 6.45) is 3.05. The first-order valence-electron chi connectivity index (χ1n) is 8.45. The van der Waals surface area contributed by atoms with Gasteiger partial charge in [-0.15, -0.1) is 0 Å². The molecule has 0 aliphatic heterocycles. The Balaban J connectivity index is 1.53.